The summed E-state index contributed by atoms with van der Waals surface area (Å²) < 4.78 is 35.1. The van der Waals surface area contributed by atoms with E-state index in [9.17, 15) is 18.0 Å². The Morgan fingerprint density at radius 3 is 2.50 bits per heavy atom. The summed E-state index contributed by atoms with van der Waals surface area (Å²) in [6, 6.07) is 6.35. The third kappa shape index (κ3) is 6.96. The molecule has 2 atom stereocenters. The number of carbonyl (C=O) groups excluding carboxylic acids is 2. The molecule has 0 radical (unpaired) electrons. The van der Waals surface area contributed by atoms with Crippen molar-refractivity contribution in [2.24, 2.45) is 0 Å². The molecule has 0 aromatic heterocycles. The summed E-state index contributed by atoms with van der Waals surface area (Å²) in [6.45, 7) is 2.52. The van der Waals surface area contributed by atoms with Crippen LogP contribution in [0.1, 0.15) is 25.3 Å². The van der Waals surface area contributed by atoms with Crippen LogP contribution in [0, 0.1) is 0 Å². The summed E-state index contributed by atoms with van der Waals surface area (Å²) >= 11 is 0. The monoisotopic (exact) mass is 441 g/mol. The molecule has 10 heteroatoms. The summed E-state index contributed by atoms with van der Waals surface area (Å²) in [7, 11) is -0.632. The number of nitrogens with one attached hydrogen (secondary N) is 1. The molecule has 1 aliphatic heterocycles. The fourth-order valence-corrected chi connectivity index (χ4v) is 3.42. The van der Waals surface area contributed by atoms with E-state index in [0.717, 1.165) is 29.0 Å². The number of carbonyl (C=O) groups is 2. The van der Waals surface area contributed by atoms with E-state index in [2.05, 4.69) is 5.32 Å². The fraction of sp³-hybridized carbons (Fsp3) is 0.600. The highest BCUT2D eigenvalue weighted by Gasteiger charge is 2.29. The van der Waals surface area contributed by atoms with Crippen LogP contribution in [-0.2, 0) is 30.9 Å². The van der Waals surface area contributed by atoms with E-state index in [1.54, 1.807) is 38.3 Å². The third-order valence-electron chi connectivity index (χ3n) is 5.13. The van der Waals surface area contributed by atoms with Crippen LogP contribution in [0.5, 0.6) is 5.75 Å². The van der Waals surface area contributed by atoms with Crippen LogP contribution < -0.4 is 10.1 Å². The summed E-state index contributed by atoms with van der Waals surface area (Å²) in [5.74, 6) is -0.0938. The Balaban J connectivity index is 2.12. The van der Waals surface area contributed by atoms with Gasteiger partial charge in [0.05, 0.1) is 26.0 Å². The highest BCUT2D eigenvalue weighted by atomic mass is 32.2. The van der Waals surface area contributed by atoms with E-state index < -0.39 is 22.0 Å². The number of ether oxygens (including phenoxy) is 2. The van der Waals surface area contributed by atoms with Gasteiger partial charge >= 0.3 is 0 Å². The van der Waals surface area contributed by atoms with Gasteiger partial charge in [0.1, 0.15) is 11.8 Å². The van der Waals surface area contributed by atoms with Crippen LogP contribution in [0.15, 0.2) is 24.3 Å². The van der Waals surface area contributed by atoms with Crippen LogP contribution in [0.2, 0.25) is 0 Å². The number of benzene rings is 1. The third-order valence-corrected chi connectivity index (χ3v) is 6.39. The number of hydrogen-bond acceptors (Lipinski definition) is 6. The van der Waals surface area contributed by atoms with Crippen molar-refractivity contribution in [2.45, 2.75) is 38.5 Å². The second kappa shape index (κ2) is 10.7. The second-order valence-electron chi connectivity index (χ2n) is 7.44. The molecule has 0 saturated carbocycles. The maximum atomic E-state index is 12.9. The zero-order chi connectivity index (χ0) is 22.3. The predicted octanol–water partition coefficient (Wildman–Crippen LogP) is 0.599. The Kier molecular flexibility index (Phi) is 8.63. The molecule has 168 valence electrons. The molecule has 1 heterocycles. The lowest BCUT2D eigenvalue weighted by atomic mass is 10.1. The first-order valence-corrected chi connectivity index (χ1v) is 11.7. The molecule has 1 aromatic rings. The van der Waals surface area contributed by atoms with Gasteiger partial charge in [-0.25, -0.2) is 8.42 Å². The minimum absolute atomic E-state index is 0.0109. The molecule has 1 N–H and O–H groups in total. The lowest BCUT2D eigenvalue weighted by Crippen LogP contribution is -2.51. The number of nitrogens with zero attached hydrogens (tertiary/aromatic N) is 2. The van der Waals surface area contributed by atoms with Gasteiger partial charge in [0.25, 0.3) is 0 Å². The number of amides is 2. The van der Waals surface area contributed by atoms with Gasteiger partial charge in [0, 0.05) is 26.7 Å². The molecule has 1 saturated heterocycles. The maximum absolute atomic E-state index is 12.9. The van der Waals surface area contributed by atoms with Gasteiger partial charge in [-0.1, -0.05) is 12.1 Å². The Hall–Kier alpha value is -2.17. The quantitative estimate of drug-likeness (QED) is 0.570. The standard InChI is InChI=1S/C20H31N3O6S/c1-15(20(25)21-12-18-6-5-11-29-18)23(19(24)14-22(2)30(4,26)27)13-16-7-9-17(28-3)10-8-16/h7-10,15,18H,5-6,11-14H2,1-4H3,(H,21,25)/t15-,18-/m0/s1. The highest BCUT2D eigenvalue weighted by molar-refractivity contribution is 7.88. The topological polar surface area (TPSA) is 105 Å². The van der Waals surface area contributed by atoms with E-state index in [4.69, 9.17) is 9.47 Å². The summed E-state index contributed by atoms with van der Waals surface area (Å²) in [5, 5.41) is 2.84. The largest absolute Gasteiger partial charge is 0.497 e. The molecule has 1 aromatic carbocycles. The fourth-order valence-electron chi connectivity index (χ4n) is 3.08. The van der Waals surface area contributed by atoms with Crippen LogP contribution in [0.4, 0.5) is 0 Å². The van der Waals surface area contributed by atoms with Crippen molar-refractivity contribution in [2.75, 3.05) is 40.1 Å². The van der Waals surface area contributed by atoms with Gasteiger partial charge < -0.3 is 19.7 Å². The minimum atomic E-state index is -3.53. The molecule has 2 rings (SSSR count). The second-order valence-corrected chi connectivity index (χ2v) is 9.53. The SMILES string of the molecule is COc1ccc(CN(C(=O)CN(C)S(C)(=O)=O)[C@@H](C)C(=O)NC[C@@H]2CCCO2)cc1. The number of methoxy groups -OCH3 is 1. The summed E-state index contributed by atoms with van der Waals surface area (Å²) in [6.07, 6.45) is 2.88. The van der Waals surface area contributed by atoms with E-state index in [1.807, 2.05) is 0 Å². The summed E-state index contributed by atoms with van der Waals surface area (Å²) in [4.78, 5) is 27.0. The Morgan fingerprint density at radius 2 is 1.97 bits per heavy atom. The highest BCUT2D eigenvalue weighted by Crippen LogP contribution is 2.16. The smallest absolute Gasteiger partial charge is 0.242 e. The first-order chi connectivity index (χ1) is 14.1. The lowest BCUT2D eigenvalue weighted by Gasteiger charge is -2.30. The van der Waals surface area contributed by atoms with Gasteiger partial charge in [0.2, 0.25) is 21.8 Å². The molecule has 0 bridgehead atoms. The molecule has 0 aliphatic carbocycles. The van der Waals surface area contributed by atoms with Crippen LogP contribution in [0.3, 0.4) is 0 Å². The van der Waals surface area contributed by atoms with Gasteiger partial charge in [0.15, 0.2) is 0 Å². The van der Waals surface area contributed by atoms with Crippen molar-refractivity contribution in [3.8, 4) is 5.75 Å². The van der Waals surface area contributed by atoms with Gasteiger partial charge in [-0.05, 0) is 37.5 Å². The Morgan fingerprint density at radius 1 is 1.30 bits per heavy atom. The minimum Gasteiger partial charge on any atom is -0.497 e. The van der Waals surface area contributed by atoms with Gasteiger partial charge in [-0.3, -0.25) is 9.59 Å². The van der Waals surface area contributed by atoms with Crippen molar-refractivity contribution < 1.29 is 27.5 Å². The number of hydrogen-bond donors (Lipinski definition) is 1. The van der Waals surface area contributed by atoms with E-state index in [-0.39, 0.29) is 25.1 Å². The summed E-state index contributed by atoms with van der Waals surface area (Å²) in [5.41, 5.74) is 0.796. The zero-order valence-electron chi connectivity index (χ0n) is 18.0. The predicted molar refractivity (Wildman–Crippen MR) is 112 cm³/mol. The average molecular weight is 442 g/mol. The molecule has 30 heavy (non-hydrogen) atoms. The zero-order valence-corrected chi connectivity index (χ0v) is 18.8. The molecule has 2 amide bonds. The van der Waals surface area contributed by atoms with Crippen molar-refractivity contribution >= 4 is 21.8 Å². The van der Waals surface area contributed by atoms with Crippen molar-refractivity contribution in [1.29, 1.82) is 0 Å². The van der Waals surface area contributed by atoms with Gasteiger partial charge in [-0.2, -0.15) is 4.31 Å². The average Bonchev–Trinajstić information content (AvgIpc) is 3.23. The van der Waals surface area contributed by atoms with E-state index in [1.165, 1.54) is 11.9 Å². The number of rotatable bonds is 10. The molecule has 1 aliphatic rings. The first-order valence-electron chi connectivity index (χ1n) is 9.85. The molecular weight excluding hydrogens is 410 g/mol. The van der Waals surface area contributed by atoms with Crippen LogP contribution in [0.25, 0.3) is 0 Å². The number of sulfonamides is 1. The van der Waals surface area contributed by atoms with Crippen molar-refractivity contribution in [1.82, 2.24) is 14.5 Å². The molecule has 1 fully saturated rings. The number of likely N-dealkylation sites (N-methyl/N-ethyl adjacent to an activating group) is 1. The van der Waals surface area contributed by atoms with E-state index in [0.29, 0.717) is 18.9 Å². The van der Waals surface area contributed by atoms with Crippen molar-refractivity contribution in [3.63, 3.8) is 0 Å². The molecule has 0 unspecified atom stereocenters. The van der Waals surface area contributed by atoms with Crippen LogP contribution >= 0.6 is 0 Å². The normalized spacial score (nSPS) is 17.6. The maximum Gasteiger partial charge on any atom is 0.242 e. The van der Waals surface area contributed by atoms with E-state index >= 15 is 0 Å². The molecule has 0 spiro atoms. The van der Waals surface area contributed by atoms with Crippen LogP contribution in [-0.4, -0.2) is 81.7 Å². The van der Waals surface area contributed by atoms with Gasteiger partial charge in [-0.15, -0.1) is 0 Å². The molecular formula is C20H31N3O6S. The first kappa shape index (κ1) is 24.1. The Bertz CT molecular complexity index is 821. The molecule has 9 nitrogen and oxygen atoms in total. The Labute approximate surface area is 178 Å². The van der Waals surface area contributed by atoms with Crippen molar-refractivity contribution in [3.05, 3.63) is 29.8 Å². The lowest BCUT2D eigenvalue weighted by molar-refractivity contribution is -0.140.